The van der Waals surface area contributed by atoms with Crippen molar-refractivity contribution in [2.45, 2.75) is 57.8 Å². The number of aromatic nitrogens is 4. The number of hydrogen-bond donors (Lipinski definition) is 1. The minimum Gasteiger partial charge on any atom is -0.444 e. The van der Waals surface area contributed by atoms with E-state index in [-0.39, 0.29) is 29.8 Å². The fourth-order valence-corrected chi connectivity index (χ4v) is 3.89. The van der Waals surface area contributed by atoms with Gasteiger partial charge in [0.1, 0.15) is 11.4 Å². The molecule has 37 heavy (non-hydrogen) atoms. The third kappa shape index (κ3) is 6.98. The number of alkyl halides is 3. The second-order valence-corrected chi connectivity index (χ2v) is 9.42. The van der Waals surface area contributed by atoms with Crippen LogP contribution in [0.1, 0.15) is 37.9 Å². The molecule has 2 aromatic heterocycles. The van der Waals surface area contributed by atoms with E-state index in [4.69, 9.17) is 9.15 Å². The number of nitrogens with zero attached hydrogens (tertiary/aromatic N) is 5. The molecule has 0 aliphatic carbocycles. The third-order valence-electron chi connectivity index (χ3n) is 5.30. The predicted octanol–water partition coefficient (Wildman–Crippen LogP) is 3.64. The van der Waals surface area contributed by atoms with E-state index in [1.807, 2.05) is 0 Å². The van der Waals surface area contributed by atoms with Crippen molar-refractivity contribution >= 4 is 12.0 Å². The zero-order chi connectivity index (χ0) is 26.8. The summed E-state index contributed by atoms with van der Waals surface area (Å²) < 4.78 is 54.1. The highest BCUT2D eigenvalue weighted by Gasteiger charge is 2.39. The molecule has 4 rings (SSSR count). The Bertz CT molecular complexity index is 1240. The SMILES string of the molecule is CC(C)(C)OC(=O)N1CC(NC(=O)c2ncc(-c3cccc(OC(F)(F)F)c3)o2)CC1Cn1ccnn1. The fraction of sp³-hybridized carbons (Fsp3) is 0.435. The number of ether oxygens (including phenoxy) is 2. The number of nitrogens with one attached hydrogen (secondary N) is 1. The fourth-order valence-electron chi connectivity index (χ4n) is 3.89. The minimum absolute atomic E-state index is 0.0867. The van der Waals surface area contributed by atoms with Crippen molar-refractivity contribution in [2.75, 3.05) is 6.54 Å². The molecule has 198 valence electrons. The van der Waals surface area contributed by atoms with Crippen molar-refractivity contribution in [3.8, 4) is 17.1 Å². The second kappa shape index (κ2) is 10.1. The Morgan fingerprint density at radius 1 is 1.24 bits per heavy atom. The molecule has 1 aromatic carbocycles. The lowest BCUT2D eigenvalue weighted by Crippen LogP contribution is -2.43. The Morgan fingerprint density at radius 3 is 2.70 bits per heavy atom. The molecule has 1 aliphatic heterocycles. The summed E-state index contributed by atoms with van der Waals surface area (Å²) in [6, 6.07) is 4.37. The van der Waals surface area contributed by atoms with E-state index >= 15 is 0 Å². The average molecular weight is 522 g/mol. The lowest BCUT2D eigenvalue weighted by atomic mass is 10.1. The number of oxazole rings is 1. The summed E-state index contributed by atoms with van der Waals surface area (Å²) in [5, 5.41) is 10.5. The van der Waals surface area contributed by atoms with Gasteiger partial charge in [0, 0.05) is 24.3 Å². The lowest BCUT2D eigenvalue weighted by molar-refractivity contribution is -0.274. The maximum Gasteiger partial charge on any atom is 0.573 e. The van der Waals surface area contributed by atoms with Gasteiger partial charge in [-0.15, -0.1) is 18.3 Å². The van der Waals surface area contributed by atoms with Crippen LogP contribution in [0.5, 0.6) is 5.75 Å². The predicted molar refractivity (Wildman–Crippen MR) is 121 cm³/mol. The van der Waals surface area contributed by atoms with Crippen LogP contribution in [0, 0.1) is 0 Å². The molecule has 2 atom stereocenters. The molecule has 14 heteroatoms. The number of amides is 2. The molecule has 1 fully saturated rings. The highest BCUT2D eigenvalue weighted by atomic mass is 19.4. The molecule has 3 aromatic rings. The van der Waals surface area contributed by atoms with Crippen LogP contribution in [-0.2, 0) is 11.3 Å². The van der Waals surface area contributed by atoms with Crippen LogP contribution in [-0.4, -0.2) is 67.5 Å². The van der Waals surface area contributed by atoms with Gasteiger partial charge in [-0.25, -0.2) is 9.78 Å². The van der Waals surface area contributed by atoms with Crippen LogP contribution in [0.15, 0.2) is 47.3 Å². The van der Waals surface area contributed by atoms with E-state index in [1.54, 1.807) is 31.6 Å². The van der Waals surface area contributed by atoms with Crippen LogP contribution < -0.4 is 10.1 Å². The molecule has 1 saturated heterocycles. The van der Waals surface area contributed by atoms with Crippen molar-refractivity contribution in [3.05, 3.63) is 48.7 Å². The van der Waals surface area contributed by atoms with E-state index in [9.17, 15) is 22.8 Å². The van der Waals surface area contributed by atoms with E-state index in [0.29, 0.717) is 13.0 Å². The van der Waals surface area contributed by atoms with Gasteiger partial charge in [0.2, 0.25) is 0 Å². The number of carbonyl (C=O) groups excluding carboxylic acids is 2. The van der Waals surface area contributed by atoms with Crippen molar-refractivity contribution in [2.24, 2.45) is 0 Å². The van der Waals surface area contributed by atoms with Crippen LogP contribution >= 0.6 is 0 Å². The Labute approximate surface area is 209 Å². The van der Waals surface area contributed by atoms with Gasteiger partial charge >= 0.3 is 18.4 Å². The smallest absolute Gasteiger partial charge is 0.444 e. The van der Waals surface area contributed by atoms with Crippen molar-refractivity contribution in [3.63, 3.8) is 0 Å². The maximum atomic E-state index is 12.8. The first-order chi connectivity index (χ1) is 17.4. The van der Waals surface area contributed by atoms with Gasteiger partial charge in [-0.2, -0.15) is 0 Å². The Morgan fingerprint density at radius 2 is 2.03 bits per heavy atom. The van der Waals surface area contributed by atoms with Crippen molar-refractivity contribution < 1.29 is 36.7 Å². The number of benzene rings is 1. The molecule has 11 nitrogen and oxygen atoms in total. The summed E-state index contributed by atoms with van der Waals surface area (Å²) in [5.74, 6) is -1.26. The van der Waals surface area contributed by atoms with Gasteiger partial charge in [-0.3, -0.25) is 9.48 Å². The zero-order valence-electron chi connectivity index (χ0n) is 20.2. The first-order valence-corrected chi connectivity index (χ1v) is 11.3. The van der Waals surface area contributed by atoms with E-state index in [2.05, 4.69) is 25.3 Å². The number of carbonyl (C=O) groups is 2. The van der Waals surface area contributed by atoms with Gasteiger partial charge in [-0.1, -0.05) is 17.3 Å². The van der Waals surface area contributed by atoms with Gasteiger partial charge in [-0.05, 0) is 39.3 Å². The molecule has 0 saturated carbocycles. The summed E-state index contributed by atoms with van der Waals surface area (Å²) in [6.45, 7) is 5.82. The number of halogens is 3. The minimum atomic E-state index is -4.84. The highest BCUT2D eigenvalue weighted by Crippen LogP contribution is 2.29. The Balaban J connectivity index is 1.44. The van der Waals surface area contributed by atoms with E-state index in [0.717, 1.165) is 12.1 Å². The molecule has 1 N–H and O–H groups in total. The Hall–Kier alpha value is -4.10. The maximum absolute atomic E-state index is 12.8. The molecule has 2 amide bonds. The quantitative estimate of drug-likeness (QED) is 0.520. The topological polar surface area (TPSA) is 125 Å². The van der Waals surface area contributed by atoms with Crippen LogP contribution in [0.25, 0.3) is 11.3 Å². The van der Waals surface area contributed by atoms with Gasteiger partial charge in [0.15, 0.2) is 5.76 Å². The lowest BCUT2D eigenvalue weighted by Gasteiger charge is -2.28. The molecule has 1 aliphatic rings. The van der Waals surface area contributed by atoms with Crippen molar-refractivity contribution in [1.82, 2.24) is 30.2 Å². The number of rotatable bonds is 6. The number of likely N-dealkylation sites (tertiary alicyclic amines) is 1. The monoisotopic (exact) mass is 522 g/mol. The first kappa shape index (κ1) is 26.0. The molecule has 0 spiro atoms. The molecule has 2 unspecified atom stereocenters. The summed E-state index contributed by atoms with van der Waals surface area (Å²) >= 11 is 0. The van der Waals surface area contributed by atoms with Gasteiger partial charge in [0.25, 0.3) is 5.89 Å². The van der Waals surface area contributed by atoms with Gasteiger partial charge in [0.05, 0.1) is 25.0 Å². The van der Waals surface area contributed by atoms with Crippen LogP contribution in [0.3, 0.4) is 0 Å². The third-order valence-corrected chi connectivity index (χ3v) is 5.30. The largest absolute Gasteiger partial charge is 0.573 e. The molecule has 0 radical (unpaired) electrons. The molecule has 3 heterocycles. The van der Waals surface area contributed by atoms with E-state index < -0.39 is 35.8 Å². The summed E-state index contributed by atoms with van der Waals surface area (Å²) in [6.07, 6.45) is -0.523. The average Bonchev–Trinajstić information content (AvgIpc) is 3.53. The van der Waals surface area contributed by atoms with Crippen LogP contribution in [0.2, 0.25) is 0 Å². The van der Waals surface area contributed by atoms with Gasteiger partial charge < -0.3 is 24.1 Å². The summed E-state index contributed by atoms with van der Waals surface area (Å²) in [7, 11) is 0. The zero-order valence-corrected chi connectivity index (χ0v) is 20.2. The second-order valence-electron chi connectivity index (χ2n) is 9.42. The standard InChI is InChI=1S/C23H25F3N6O5/c1-22(2,3)37-21(34)32-12-15(10-16(32)13-31-8-7-28-30-31)29-19(33)20-27-11-18(35-20)14-5-4-6-17(9-14)36-23(24,25)26/h4-9,11,15-16H,10,12-13H2,1-3H3,(H,29,33). The van der Waals surface area contributed by atoms with E-state index in [1.165, 1.54) is 29.4 Å². The van der Waals surface area contributed by atoms with Crippen molar-refractivity contribution in [1.29, 1.82) is 0 Å². The molecular formula is C23H25F3N6O5. The summed E-state index contributed by atoms with van der Waals surface area (Å²) in [4.78, 5) is 31.1. The normalized spacial score (nSPS) is 18.1. The number of hydrogen-bond acceptors (Lipinski definition) is 8. The molecular weight excluding hydrogens is 497 g/mol. The summed E-state index contributed by atoms with van der Waals surface area (Å²) in [5.41, 5.74) is -0.453. The van der Waals surface area contributed by atoms with Crippen LogP contribution in [0.4, 0.5) is 18.0 Å². The molecule has 0 bridgehead atoms. The Kier molecular flexibility index (Phi) is 7.09. The highest BCUT2D eigenvalue weighted by molar-refractivity contribution is 5.90. The first-order valence-electron chi connectivity index (χ1n) is 11.3.